The molecule has 0 radical (unpaired) electrons. The first-order valence-electron chi connectivity index (χ1n) is 7.11. The number of carboxylic acid groups (broad SMARTS) is 1. The number of rotatable bonds is 4. The van der Waals surface area contributed by atoms with Crippen LogP contribution in [0.3, 0.4) is 0 Å². The van der Waals surface area contributed by atoms with Crippen molar-refractivity contribution in [2.75, 3.05) is 0 Å². The summed E-state index contributed by atoms with van der Waals surface area (Å²) < 4.78 is 0. The van der Waals surface area contributed by atoms with Gasteiger partial charge in [0.15, 0.2) is 0 Å². The maximum atomic E-state index is 11.9. The Kier molecular flexibility index (Phi) is 5.08. The third-order valence-electron chi connectivity index (χ3n) is 3.66. The summed E-state index contributed by atoms with van der Waals surface area (Å²) in [5, 5.41) is 14.6. The summed E-state index contributed by atoms with van der Waals surface area (Å²) in [6, 6.07) is -0.670. The number of hydrogen-bond donors (Lipinski definition) is 3. The topological polar surface area (TPSA) is 104 Å². The second-order valence-electron chi connectivity index (χ2n) is 5.31. The number of aliphatic carboxylic acids is 1. The average Bonchev–Trinajstić information content (AvgIpc) is 2.47. The second-order valence-corrected chi connectivity index (χ2v) is 5.31. The predicted molar refractivity (Wildman–Crippen MR) is 75.5 cm³/mol. The zero-order valence-electron chi connectivity index (χ0n) is 12.0. The molecule has 3 N–H and O–H groups in total. The molecule has 1 aromatic rings. The summed E-state index contributed by atoms with van der Waals surface area (Å²) in [5.74, 6) is -1.34. The lowest BCUT2D eigenvalue weighted by atomic mass is 9.84. The summed E-state index contributed by atoms with van der Waals surface area (Å²) in [6.07, 6.45) is 6.40. The highest BCUT2D eigenvalue weighted by Crippen LogP contribution is 2.24. The molecular weight excluding hydrogens is 272 g/mol. The Bertz CT molecular complexity index is 503. The van der Waals surface area contributed by atoms with Crippen molar-refractivity contribution in [3.8, 4) is 0 Å². The van der Waals surface area contributed by atoms with Crippen LogP contribution in [0.1, 0.15) is 37.1 Å². The van der Waals surface area contributed by atoms with Gasteiger partial charge in [0, 0.05) is 12.2 Å². The SMILES string of the molecule is Cc1cnc(CNC(=O)NC2CCCCC2C(=O)O)cn1. The molecule has 1 aromatic heterocycles. The summed E-state index contributed by atoms with van der Waals surface area (Å²) >= 11 is 0. The zero-order valence-corrected chi connectivity index (χ0v) is 12.0. The molecule has 2 amide bonds. The summed E-state index contributed by atoms with van der Waals surface area (Å²) in [7, 11) is 0. The number of nitrogens with zero attached hydrogens (tertiary/aromatic N) is 2. The van der Waals surface area contributed by atoms with Crippen molar-refractivity contribution in [2.24, 2.45) is 5.92 Å². The molecule has 0 saturated heterocycles. The largest absolute Gasteiger partial charge is 0.481 e. The third kappa shape index (κ3) is 4.40. The van der Waals surface area contributed by atoms with Gasteiger partial charge in [0.25, 0.3) is 0 Å². The molecular formula is C14H20N4O3. The van der Waals surface area contributed by atoms with Crippen LogP contribution in [0.4, 0.5) is 4.79 Å². The molecule has 1 saturated carbocycles. The maximum absolute atomic E-state index is 11.9. The van der Waals surface area contributed by atoms with E-state index in [0.717, 1.165) is 18.5 Å². The number of nitrogens with one attached hydrogen (secondary N) is 2. The fourth-order valence-electron chi connectivity index (χ4n) is 2.50. The van der Waals surface area contributed by atoms with Gasteiger partial charge >= 0.3 is 12.0 Å². The molecule has 1 heterocycles. The lowest BCUT2D eigenvalue weighted by molar-refractivity contribution is -0.143. The van der Waals surface area contributed by atoms with Crippen LogP contribution >= 0.6 is 0 Å². The van der Waals surface area contributed by atoms with Crippen LogP contribution in [-0.2, 0) is 11.3 Å². The number of aryl methyl sites for hydroxylation is 1. The van der Waals surface area contributed by atoms with E-state index in [1.54, 1.807) is 12.4 Å². The van der Waals surface area contributed by atoms with Gasteiger partial charge in [-0.05, 0) is 19.8 Å². The minimum absolute atomic E-state index is 0.267. The van der Waals surface area contributed by atoms with E-state index in [2.05, 4.69) is 20.6 Å². The van der Waals surface area contributed by atoms with E-state index in [4.69, 9.17) is 5.11 Å². The first kappa shape index (κ1) is 15.2. The Morgan fingerprint density at radius 2 is 2.05 bits per heavy atom. The van der Waals surface area contributed by atoms with E-state index in [1.807, 2.05) is 6.92 Å². The van der Waals surface area contributed by atoms with Gasteiger partial charge in [-0.2, -0.15) is 0 Å². The van der Waals surface area contributed by atoms with E-state index >= 15 is 0 Å². The highest BCUT2D eigenvalue weighted by molar-refractivity contribution is 5.76. The van der Waals surface area contributed by atoms with Gasteiger partial charge in [0.05, 0.1) is 30.0 Å². The van der Waals surface area contributed by atoms with E-state index in [0.29, 0.717) is 18.5 Å². The van der Waals surface area contributed by atoms with E-state index in [9.17, 15) is 9.59 Å². The van der Waals surface area contributed by atoms with Gasteiger partial charge in [-0.1, -0.05) is 12.8 Å². The van der Waals surface area contributed by atoms with Gasteiger partial charge in [-0.25, -0.2) is 4.79 Å². The quantitative estimate of drug-likeness (QED) is 0.774. The van der Waals surface area contributed by atoms with Gasteiger partial charge < -0.3 is 15.7 Å². The lowest BCUT2D eigenvalue weighted by Gasteiger charge is -2.29. The van der Waals surface area contributed by atoms with E-state index < -0.39 is 11.9 Å². The summed E-state index contributed by atoms with van der Waals surface area (Å²) in [6.45, 7) is 2.11. The van der Waals surface area contributed by atoms with Crippen LogP contribution in [0.2, 0.25) is 0 Å². The van der Waals surface area contributed by atoms with E-state index in [-0.39, 0.29) is 18.6 Å². The highest BCUT2D eigenvalue weighted by atomic mass is 16.4. The van der Waals surface area contributed by atoms with Gasteiger partial charge in [0.2, 0.25) is 0 Å². The third-order valence-corrected chi connectivity index (χ3v) is 3.66. The van der Waals surface area contributed by atoms with Crippen LogP contribution < -0.4 is 10.6 Å². The Morgan fingerprint density at radius 3 is 2.71 bits per heavy atom. The molecule has 1 aliphatic rings. The fraction of sp³-hybridized carbons (Fsp3) is 0.571. The summed E-state index contributed by atoms with van der Waals surface area (Å²) in [4.78, 5) is 31.3. The number of carbonyl (C=O) groups excluding carboxylic acids is 1. The first-order valence-corrected chi connectivity index (χ1v) is 7.11. The number of carbonyl (C=O) groups is 2. The molecule has 114 valence electrons. The van der Waals surface area contributed by atoms with Gasteiger partial charge in [0.1, 0.15) is 0 Å². The van der Waals surface area contributed by atoms with Crippen molar-refractivity contribution in [3.63, 3.8) is 0 Å². The zero-order chi connectivity index (χ0) is 15.2. The average molecular weight is 292 g/mol. The molecule has 2 unspecified atom stereocenters. The molecule has 0 bridgehead atoms. The maximum Gasteiger partial charge on any atom is 0.315 e. The number of amides is 2. The molecule has 0 aromatic carbocycles. The predicted octanol–water partition coefficient (Wildman–Crippen LogP) is 1.23. The molecule has 2 atom stereocenters. The lowest BCUT2D eigenvalue weighted by Crippen LogP contribution is -2.48. The van der Waals surface area contributed by atoms with Gasteiger partial charge in [-0.3, -0.25) is 14.8 Å². The standard InChI is InChI=1S/C14H20N4O3/c1-9-6-16-10(7-15-9)8-17-14(21)18-12-5-3-2-4-11(12)13(19)20/h6-7,11-12H,2-5,8H2,1H3,(H,19,20)(H2,17,18,21). The first-order chi connectivity index (χ1) is 10.1. The van der Waals surface area contributed by atoms with Gasteiger partial charge in [-0.15, -0.1) is 0 Å². The van der Waals surface area contributed by atoms with Crippen LogP contribution in [0, 0.1) is 12.8 Å². The van der Waals surface area contributed by atoms with Crippen molar-refractivity contribution in [1.29, 1.82) is 0 Å². The van der Waals surface area contributed by atoms with Crippen LogP contribution in [0.25, 0.3) is 0 Å². The van der Waals surface area contributed by atoms with Crippen LogP contribution in [0.5, 0.6) is 0 Å². The van der Waals surface area contributed by atoms with Crippen molar-refractivity contribution in [1.82, 2.24) is 20.6 Å². The fourth-order valence-corrected chi connectivity index (χ4v) is 2.50. The van der Waals surface area contributed by atoms with Crippen LogP contribution in [-0.4, -0.2) is 33.1 Å². The number of hydrogen-bond acceptors (Lipinski definition) is 4. The molecule has 2 rings (SSSR count). The monoisotopic (exact) mass is 292 g/mol. The van der Waals surface area contributed by atoms with Crippen molar-refractivity contribution in [2.45, 2.75) is 45.2 Å². The molecule has 7 heteroatoms. The Balaban J connectivity index is 1.83. The van der Waals surface area contributed by atoms with Crippen molar-refractivity contribution >= 4 is 12.0 Å². The number of aromatic nitrogens is 2. The smallest absolute Gasteiger partial charge is 0.315 e. The van der Waals surface area contributed by atoms with Crippen molar-refractivity contribution < 1.29 is 14.7 Å². The number of carboxylic acids is 1. The Labute approximate surface area is 123 Å². The van der Waals surface area contributed by atoms with Crippen LogP contribution in [0.15, 0.2) is 12.4 Å². The number of urea groups is 1. The minimum Gasteiger partial charge on any atom is -0.481 e. The Morgan fingerprint density at radius 1 is 1.29 bits per heavy atom. The molecule has 1 fully saturated rings. The molecule has 7 nitrogen and oxygen atoms in total. The Hall–Kier alpha value is -2.18. The van der Waals surface area contributed by atoms with E-state index in [1.165, 1.54) is 0 Å². The molecule has 21 heavy (non-hydrogen) atoms. The second kappa shape index (κ2) is 7.01. The normalized spacial score (nSPS) is 21.6. The molecule has 0 aliphatic heterocycles. The highest BCUT2D eigenvalue weighted by Gasteiger charge is 2.31. The minimum atomic E-state index is -0.843. The van der Waals surface area contributed by atoms with Crippen molar-refractivity contribution in [3.05, 3.63) is 23.8 Å². The summed E-state index contributed by atoms with van der Waals surface area (Å²) in [5.41, 5.74) is 1.48. The molecule has 1 aliphatic carbocycles. The molecule has 0 spiro atoms.